The molecule has 5 heteroatoms. The molecule has 0 spiro atoms. The number of carbonyl (C=O) groups is 2. The van der Waals surface area contributed by atoms with Gasteiger partial charge in [0.2, 0.25) is 5.91 Å². The molecule has 144 valence electrons. The van der Waals surface area contributed by atoms with Crippen LogP contribution in [0.25, 0.3) is 10.9 Å². The Morgan fingerprint density at radius 2 is 1.89 bits per heavy atom. The van der Waals surface area contributed by atoms with Gasteiger partial charge in [-0.1, -0.05) is 18.2 Å². The highest BCUT2D eigenvalue weighted by Gasteiger charge is 2.29. The number of anilines is 1. The van der Waals surface area contributed by atoms with Gasteiger partial charge in [0.05, 0.1) is 5.92 Å². The van der Waals surface area contributed by atoms with Crippen molar-refractivity contribution in [2.75, 3.05) is 18.4 Å². The number of nitrogens with zero attached hydrogens (tertiary/aromatic N) is 1. The molecule has 1 aliphatic rings. The Morgan fingerprint density at radius 3 is 2.68 bits per heavy atom. The van der Waals surface area contributed by atoms with Gasteiger partial charge >= 0.3 is 0 Å². The van der Waals surface area contributed by atoms with Gasteiger partial charge in [0, 0.05) is 40.9 Å². The van der Waals surface area contributed by atoms with E-state index < -0.39 is 0 Å². The molecule has 2 heterocycles. The smallest absolute Gasteiger partial charge is 0.253 e. The highest BCUT2D eigenvalue weighted by molar-refractivity contribution is 6.00. The number of hydrogen-bond donors (Lipinski definition) is 2. The second-order valence-electron chi connectivity index (χ2n) is 7.58. The number of rotatable bonds is 3. The largest absolute Gasteiger partial charge is 0.358 e. The average Bonchev–Trinajstić information content (AvgIpc) is 3.01. The number of aryl methyl sites for hydroxylation is 2. The number of carbonyl (C=O) groups excluding carboxylic acids is 2. The second kappa shape index (κ2) is 7.50. The maximum atomic E-state index is 13.1. The van der Waals surface area contributed by atoms with Crippen LogP contribution in [0.3, 0.4) is 0 Å². The van der Waals surface area contributed by atoms with E-state index in [0.29, 0.717) is 18.7 Å². The lowest BCUT2D eigenvalue weighted by Gasteiger charge is -2.32. The Labute approximate surface area is 164 Å². The molecule has 1 aliphatic heterocycles. The fraction of sp³-hybridized carbons (Fsp3) is 0.304. The maximum Gasteiger partial charge on any atom is 0.253 e. The molecule has 5 nitrogen and oxygen atoms in total. The molecule has 1 fully saturated rings. The zero-order chi connectivity index (χ0) is 19.7. The quantitative estimate of drug-likeness (QED) is 0.718. The van der Waals surface area contributed by atoms with Crippen molar-refractivity contribution < 1.29 is 9.59 Å². The summed E-state index contributed by atoms with van der Waals surface area (Å²) in [7, 11) is 0. The van der Waals surface area contributed by atoms with Crippen LogP contribution in [0.1, 0.15) is 34.5 Å². The first-order chi connectivity index (χ1) is 13.5. The summed E-state index contributed by atoms with van der Waals surface area (Å²) in [5.74, 6) is -0.202. The molecule has 0 radical (unpaired) electrons. The second-order valence-corrected chi connectivity index (χ2v) is 7.58. The standard InChI is InChI=1S/C23H25N3O2/c1-15-16(2)24-21-11-10-17(13-20(15)21)23(28)26-12-6-7-18(14-26)22(27)25-19-8-4-3-5-9-19/h3-5,8-11,13,18,24H,6-7,12,14H2,1-2H3,(H,25,27)/t18-/m0/s1. The number of likely N-dealkylation sites (tertiary alicyclic amines) is 1. The van der Waals surface area contributed by atoms with Crippen LogP contribution in [0.2, 0.25) is 0 Å². The molecule has 28 heavy (non-hydrogen) atoms. The predicted octanol–water partition coefficient (Wildman–Crippen LogP) is 4.28. The van der Waals surface area contributed by atoms with E-state index in [-0.39, 0.29) is 17.7 Å². The summed E-state index contributed by atoms with van der Waals surface area (Å²) in [6.45, 7) is 5.25. The van der Waals surface area contributed by atoms with E-state index in [1.807, 2.05) is 60.4 Å². The molecule has 1 saturated heterocycles. The van der Waals surface area contributed by atoms with Gasteiger partial charge in [-0.2, -0.15) is 0 Å². The van der Waals surface area contributed by atoms with Gasteiger partial charge in [-0.05, 0) is 62.6 Å². The fourth-order valence-electron chi connectivity index (χ4n) is 3.92. The van der Waals surface area contributed by atoms with Crippen LogP contribution in [0.4, 0.5) is 5.69 Å². The van der Waals surface area contributed by atoms with Gasteiger partial charge in [-0.3, -0.25) is 9.59 Å². The van der Waals surface area contributed by atoms with E-state index in [4.69, 9.17) is 0 Å². The normalized spacial score (nSPS) is 16.9. The van der Waals surface area contributed by atoms with Gasteiger partial charge in [-0.25, -0.2) is 0 Å². The van der Waals surface area contributed by atoms with Crippen molar-refractivity contribution >= 4 is 28.4 Å². The zero-order valence-corrected chi connectivity index (χ0v) is 16.3. The minimum absolute atomic E-state index is 0.00244. The number of nitrogens with one attached hydrogen (secondary N) is 2. The van der Waals surface area contributed by atoms with E-state index in [2.05, 4.69) is 17.2 Å². The number of benzene rings is 2. The molecule has 0 aliphatic carbocycles. The van der Waals surface area contributed by atoms with Crippen LogP contribution >= 0.6 is 0 Å². The highest BCUT2D eigenvalue weighted by atomic mass is 16.2. The topological polar surface area (TPSA) is 65.2 Å². The van der Waals surface area contributed by atoms with Crippen LogP contribution < -0.4 is 5.32 Å². The van der Waals surface area contributed by atoms with Crippen molar-refractivity contribution in [1.29, 1.82) is 0 Å². The Bertz CT molecular complexity index is 1020. The SMILES string of the molecule is Cc1[nH]c2ccc(C(=O)N3CCC[C@H](C(=O)Nc4ccccc4)C3)cc2c1C. The van der Waals surface area contributed by atoms with Gasteiger partial charge in [-0.15, -0.1) is 0 Å². The van der Waals surface area contributed by atoms with Crippen molar-refractivity contribution in [2.45, 2.75) is 26.7 Å². The summed E-state index contributed by atoms with van der Waals surface area (Å²) in [5.41, 5.74) is 4.81. The first kappa shape index (κ1) is 18.3. The number of hydrogen-bond acceptors (Lipinski definition) is 2. The number of amides is 2. The molecule has 1 atom stereocenters. The van der Waals surface area contributed by atoms with Crippen LogP contribution in [0.5, 0.6) is 0 Å². The highest BCUT2D eigenvalue weighted by Crippen LogP contribution is 2.25. The minimum Gasteiger partial charge on any atom is -0.358 e. The Morgan fingerprint density at radius 1 is 1.11 bits per heavy atom. The monoisotopic (exact) mass is 375 g/mol. The average molecular weight is 375 g/mol. The van der Waals surface area contributed by atoms with Gasteiger partial charge in [0.15, 0.2) is 0 Å². The third-order valence-electron chi connectivity index (χ3n) is 5.68. The summed E-state index contributed by atoms with van der Waals surface area (Å²) < 4.78 is 0. The number of piperidine rings is 1. The third-order valence-corrected chi connectivity index (χ3v) is 5.68. The number of para-hydroxylation sites is 1. The lowest BCUT2D eigenvalue weighted by molar-refractivity contribution is -0.121. The molecule has 0 unspecified atom stereocenters. The third kappa shape index (κ3) is 3.52. The van der Waals surface area contributed by atoms with Crippen molar-refractivity contribution in [2.24, 2.45) is 5.92 Å². The van der Waals surface area contributed by atoms with Gasteiger partial charge in [0.25, 0.3) is 5.91 Å². The Balaban J connectivity index is 1.49. The Kier molecular flexibility index (Phi) is 4.90. The lowest BCUT2D eigenvalue weighted by Crippen LogP contribution is -2.43. The molecule has 4 rings (SSSR count). The lowest BCUT2D eigenvalue weighted by atomic mass is 9.96. The molecule has 3 aromatic rings. The first-order valence-corrected chi connectivity index (χ1v) is 9.77. The molecule has 2 amide bonds. The van der Waals surface area contributed by atoms with Gasteiger partial charge < -0.3 is 15.2 Å². The predicted molar refractivity (Wildman–Crippen MR) is 111 cm³/mol. The molecule has 0 bridgehead atoms. The van der Waals surface area contributed by atoms with Crippen molar-refractivity contribution in [3.05, 3.63) is 65.4 Å². The Hall–Kier alpha value is -3.08. The summed E-state index contributed by atoms with van der Waals surface area (Å²) in [5, 5.41) is 4.05. The zero-order valence-electron chi connectivity index (χ0n) is 16.3. The maximum absolute atomic E-state index is 13.1. The summed E-state index contributed by atoms with van der Waals surface area (Å²) in [6.07, 6.45) is 1.64. The van der Waals surface area contributed by atoms with Crippen LogP contribution in [0.15, 0.2) is 48.5 Å². The number of H-pyrrole nitrogens is 1. The van der Waals surface area contributed by atoms with Crippen LogP contribution in [-0.2, 0) is 4.79 Å². The molecular weight excluding hydrogens is 350 g/mol. The van der Waals surface area contributed by atoms with Crippen molar-refractivity contribution in [3.8, 4) is 0 Å². The minimum atomic E-state index is -0.183. The van der Waals surface area contributed by atoms with E-state index >= 15 is 0 Å². The van der Waals surface area contributed by atoms with E-state index in [0.717, 1.165) is 35.1 Å². The van der Waals surface area contributed by atoms with Crippen LogP contribution in [0, 0.1) is 19.8 Å². The van der Waals surface area contributed by atoms with Crippen LogP contribution in [-0.4, -0.2) is 34.8 Å². The summed E-state index contributed by atoms with van der Waals surface area (Å²) in [6, 6.07) is 15.3. The first-order valence-electron chi connectivity index (χ1n) is 9.77. The number of fused-ring (bicyclic) bond motifs is 1. The molecular formula is C23H25N3O2. The number of aromatic nitrogens is 1. The molecule has 0 saturated carbocycles. The molecule has 2 N–H and O–H groups in total. The van der Waals surface area contributed by atoms with E-state index in [9.17, 15) is 9.59 Å². The van der Waals surface area contributed by atoms with Crippen molar-refractivity contribution in [3.63, 3.8) is 0 Å². The van der Waals surface area contributed by atoms with Gasteiger partial charge in [0.1, 0.15) is 0 Å². The van der Waals surface area contributed by atoms with E-state index in [1.165, 1.54) is 5.56 Å². The summed E-state index contributed by atoms with van der Waals surface area (Å²) >= 11 is 0. The molecule has 2 aromatic carbocycles. The number of aromatic amines is 1. The van der Waals surface area contributed by atoms with Crippen molar-refractivity contribution in [1.82, 2.24) is 9.88 Å². The summed E-state index contributed by atoms with van der Waals surface area (Å²) in [4.78, 5) is 30.9. The van der Waals surface area contributed by atoms with E-state index in [1.54, 1.807) is 0 Å². The molecule has 1 aromatic heterocycles. The fourth-order valence-corrected chi connectivity index (χ4v) is 3.92.